The van der Waals surface area contributed by atoms with E-state index in [2.05, 4.69) is 27.9 Å². The van der Waals surface area contributed by atoms with Gasteiger partial charge in [-0.15, -0.1) is 0 Å². The van der Waals surface area contributed by atoms with Gasteiger partial charge in [0.1, 0.15) is 5.82 Å². The number of nitrogens with zero attached hydrogens (tertiary/aromatic N) is 3. The minimum Gasteiger partial charge on any atom is -0.332 e. The molecule has 2 rings (SSSR count). The smallest absolute Gasteiger partial charge is 0.106 e. The fraction of sp³-hybridized carbons (Fsp3) is 0.692. The lowest BCUT2D eigenvalue weighted by molar-refractivity contribution is 0.523. The third-order valence-electron chi connectivity index (χ3n) is 3.57. The van der Waals surface area contributed by atoms with Crippen molar-refractivity contribution in [3.05, 3.63) is 17.2 Å². The number of fused-ring (bicyclic) bond motifs is 1. The van der Waals surface area contributed by atoms with Crippen molar-refractivity contribution < 1.29 is 0 Å². The molecule has 0 fully saturated rings. The SMILES string of the molecule is CNC(C#N)CCn1c(C)nc2c1CCCC2. The van der Waals surface area contributed by atoms with E-state index in [1.807, 2.05) is 7.05 Å². The summed E-state index contributed by atoms with van der Waals surface area (Å²) in [6.45, 7) is 2.96. The van der Waals surface area contributed by atoms with Crippen LogP contribution in [-0.2, 0) is 19.4 Å². The molecule has 1 aliphatic rings. The molecule has 1 aromatic heterocycles. The van der Waals surface area contributed by atoms with Crippen LogP contribution in [0.5, 0.6) is 0 Å². The molecule has 92 valence electrons. The van der Waals surface area contributed by atoms with Crippen molar-refractivity contribution in [2.45, 2.75) is 51.6 Å². The second-order valence-electron chi connectivity index (χ2n) is 4.67. The van der Waals surface area contributed by atoms with Gasteiger partial charge >= 0.3 is 0 Å². The predicted octanol–water partition coefficient (Wildman–Crippen LogP) is 1.57. The highest BCUT2D eigenvalue weighted by atomic mass is 15.1. The molecule has 1 aliphatic carbocycles. The second kappa shape index (κ2) is 5.33. The lowest BCUT2D eigenvalue weighted by atomic mass is 10.0. The molecule has 17 heavy (non-hydrogen) atoms. The molecule has 0 aliphatic heterocycles. The predicted molar refractivity (Wildman–Crippen MR) is 66.7 cm³/mol. The Bertz CT molecular complexity index is 427. The van der Waals surface area contributed by atoms with Gasteiger partial charge in [-0.05, 0) is 46.1 Å². The molecule has 0 amide bonds. The fourth-order valence-corrected chi connectivity index (χ4v) is 2.56. The van der Waals surface area contributed by atoms with Crippen molar-refractivity contribution in [3.8, 4) is 6.07 Å². The Kier molecular flexibility index (Phi) is 3.80. The monoisotopic (exact) mass is 232 g/mol. The average Bonchev–Trinajstić information content (AvgIpc) is 2.67. The number of aromatic nitrogens is 2. The number of nitriles is 1. The molecule has 1 N–H and O–H groups in total. The van der Waals surface area contributed by atoms with Gasteiger partial charge in [0.05, 0.1) is 17.8 Å². The van der Waals surface area contributed by atoms with E-state index in [9.17, 15) is 0 Å². The fourth-order valence-electron chi connectivity index (χ4n) is 2.56. The number of rotatable bonds is 4. The van der Waals surface area contributed by atoms with E-state index >= 15 is 0 Å². The van der Waals surface area contributed by atoms with Crippen LogP contribution >= 0.6 is 0 Å². The molecular formula is C13H20N4. The van der Waals surface area contributed by atoms with Crippen molar-refractivity contribution >= 4 is 0 Å². The van der Waals surface area contributed by atoms with E-state index in [0.29, 0.717) is 0 Å². The van der Waals surface area contributed by atoms with Gasteiger partial charge in [0.25, 0.3) is 0 Å². The van der Waals surface area contributed by atoms with Crippen LogP contribution in [0.3, 0.4) is 0 Å². The lowest BCUT2D eigenvalue weighted by Crippen LogP contribution is -2.25. The van der Waals surface area contributed by atoms with Gasteiger partial charge in [0, 0.05) is 12.2 Å². The number of hydrogen-bond donors (Lipinski definition) is 1. The van der Waals surface area contributed by atoms with Crippen molar-refractivity contribution in [1.82, 2.24) is 14.9 Å². The summed E-state index contributed by atoms with van der Waals surface area (Å²) >= 11 is 0. The Balaban J connectivity index is 2.10. The molecular weight excluding hydrogens is 212 g/mol. The summed E-state index contributed by atoms with van der Waals surface area (Å²) in [5.41, 5.74) is 2.69. The van der Waals surface area contributed by atoms with E-state index in [-0.39, 0.29) is 6.04 Å². The standard InChI is InChI=1S/C13H20N4/c1-10-16-12-5-3-4-6-13(12)17(10)8-7-11(9-14)15-2/h11,15H,3-8H2,1-2H3. The number of hydrogen-bond acceptors (Lipinski definition) is 3. The number of imidazole rings is 1. The van der Waals surface area contributed by atoms with E-state index in [1.165, 1.54) is 24.2 Å². The Labute approximate surface area is 103 Å². The zero-order valence-electron chi connectivity index (χ0n) is 10.7. The van der Waals surface area contributed by atoms with Crippen LogP contribution in [0.4, 0.5) is 0 Å². The van der Waals surface area contributed by atoms with Gasteiger partial charge in [-0.3, -0.25) is 0 Å². The summed E-state index contributed by atoms with van der Waals surface area (Å²) in [6.07, 6.45) is 5.65. The third kappa shape index (κ3) is 2.50. The van der Waals surface area contributed by atoms with E-state index in [1.54, 1.807) is 0 Å². The first kappa shape index (κ1) is 12.1. The summed E-state index contributed by atoms with van der Waals surface area (Å²) in [5, 5.41) is 11.9. The Morgan fingerprint density at radius 3 is 2.94 bits per heavy atom. The van der Waals surface area contributed by atoms with E-state index in [4.69, 9.17) is 5.26 Å². The molecule has 0 bridgehead atoms. The van der Waals surface area contributed by atoms with Gasteiger partial charge in [0.15, 0.2) is 0 Å². The van der Waals surface area contributed by atoms with Gasteiger partial charge in [0.2, 0.25) is 0 Å². The Morgan fingerprint density at radius 1 is 1.47 bits per heavy atom. The van der Waals surface area contributed by atoms with Crippen LogP contribution in [0.2, 0.25) is 0 Å². The maximum atomic E-state index is 8.93. The largest absolute Gasteiger partial charge is 0.332 e. The summed E-state index contributed by atoms with van der Waals surface area (Å²) in [5.74, 6) is 1.10. The van der Waals surface area contributed by atoms with Crippen LogP contribution in [-0.4, -0.2) is 22.6 Å². The highest BCUT2D eigenvalue weighted by Gasteiger charge is 2.18. The quantitative estimate of drug-likeness (QED) is 0.857. The molecule has 4 nitrogen and oxygen atoms in total. The zero-order chi connectivity index (χ0) is 12.3. The molecule has 4 heteroatoms. The molecule has 1 unspecified atom stereocenters. The Hall–Kier alpha value is -1.34. The van der Waals surface area contributed by atoms with Gasteiger partial charge < -0.3 is 9.88 Å². The normalized spacial score (nSPS) is 16.3. The number of nitrogens with one attached hydrogen (secondary N) is 1. The molecule has 1 atom stereocenters. The Morgan fingerprint density at radius 2 is 2.24 bits per heavy atom. The minimum absolute atomic E-state index is 0.0592. The van der Waals surface area contributed by atoms with Gasteiger partial charge in [-0.2, -0.15) is 5.26 Å². The second-order valence-corrected chi connectivity index (χ2v) is 4.67. The summed E-state index contributed by atoms with van der Waals surface area (Å²) in [7, 11) is 1.84. The van der Waals surface area contributed by atoms with Crippen molar-refractivity contribution in [1.29, 1.82) is 5.26 Å². The topological polar surface area (TPSA) is 53.6 Å². The summed E-state index contributed by atoms with van der Waals surface area (Å²) in [6, 6.07) is 2.21. The maximum absolute atomic E-state index is 8.93. The lowest BCUT2D eigenvalue weighted by Gasteiger charge is -2.16. The number of aryl methyl sites for hydroxylation is 2. The summed E-state index contributed by atoms with van der Waals surface area (Å²) in [4.78, 5) is 4.64. The third-order valence-corrected chi connectivity index (χ3v) is 3.57. The molecule has 0 spiro atoms. The zero-order valence-corrected chi connectivity index (χ0v) is 10.7. The van der Waals surface area contributed by atoms with Crippen LogP contribution in [0.15, 0.2) is 0 Å². The van der Waals surface area contributed by atoms with Crippen LogP contribution in [0.25, 0.3) is 0 Å². The highest BCUT2D eigenvalue weighted by molar-refractivity contribution is 5.19. The van der Waals surface area contributed by atoms with Crippen LogP contribution < -0.4 is 5.32 Å². The van der Waals surface area contributed by atoms with Crippen molar-refractivity contribution in [3.63, 3.8) is 0 Å². The first-order valence-electron chi connectivity index (χ1n) is 6.38. The van der Waals surface area contributed by atoms with Crippen molar-refractivity contribution in [2.24, 2.45) is 0 Å². The first-order valence-corrected chi connectivity index (χ1v) is 6.38. The maximum Gasteiger partial charge on any atom is 0.106 e. The molecule has 0 saturated heterocycles. The van der Waals surface area contributed by atoms with Gasteiger partial charge in [-0.1, -0.05) is 0 Å². The molecule has 0 saturated carbocycles. The average molecular weight is 232 g/mol. The van der Waals surface area contributed by atoms with E-state index < -0.39 is 0 Å². The van der Waals surface area contributed by atoms with E-state index in [0.717, 1.165) is 31.6 Å². The first-order chi connectivity index (χ1) is 8.26. The summed E-state index contributed by atoms with van der Waals surface area (Å²) < 4.78 is 2.30. The molecule has 1 heterocycles. The van der Waals surface area contributed by atoms with Crippen LogP contribution in [0.1, 0.15) is 36.5 Å². The van der Waals surface area contributed by atoms with Crippen molar-refractivity contribution in [2.75, 3.05) is 7.05 Å². The highest BCUT2D eigenvalue weighted by Crippen LogP contribution is 2.22. The molecule has 1 aromatic rings. The molecule has 0 aromatic carbocycles. The van der Waals surface area contributed by atoms with Crippen LogP contribution in [0, 0.1) is 18.3 Å². The minimum atomic E-state index is -0.0592. The van der Waals surface area contributed by atoms with Gasteiger partial charge in [-0.25, -0.2) is 4.98 Å². The molecule has 0 radical (unpaired) electrons.